The third kappa shape index (κ3) is 7.24. The van der Waals surface area contributed by atoms with Crippen LogP contribution in [0.5, 0.6) is 0 Å². The molecule has 0 aliphatic rings. The number of halogens is 2. The minimum atomic E-state index is 0. The lowest BCUT2D eigenvalue weighted by molar-refractivity contribution is 0.0827. The van der Waals surface area contributed by atoms with Gasteiger partial charge in [0.1, 0.15) is 0 Å². The average Bonchev–Trinajstić information content (AvgIpc) is 3.03. The molecule has 0 unspecified atom stereocenters. The Morgan fingerprint density at radius 3 is 2.38 bits per heavy atom. The van der Waals surface area contributed by atoms with Crippen LogP contribution in [0.4, 0.5) is 0 Å². The number of hydrogen-bond acceptors (Lipinski definition) is 3. The van der Waals surface area contributed by atoms with Crippen LogP contribution in [0.25, 0.3) is 0 Å². The van der Waals surface area contributed by atoms with Crippen molar-refractivity contribution in [2.45, 2.75) is 13.0 Å². The molecule has 5 nitrogen and oxygen atoms in total. The van der Waals surface area contributed by atoms with Gasteiger partial charge in [-0.15, -0.1) is 35.3 Å². The van der Waals surface area contributed by atoms with E-state index in [9.17, 15) is 4.79 Å². The number of hydrogen-bond donors (Lipinski definition) is 2. The second-order valence-corrected chi connectivity index (χ2v) is 8.25. The number of benzene rings is 1. The van der Waals surface area contributed by atoms with Gasteiger partial charge in [0.05, 0.1) is 3.79 Å². The zero-order valence-corrected chi connectivity index (χ0v) is 19.8. The van der Waals surface area contributed by atoms with Gasteiger partial charge in [0, 0.05) is 44.7 Å². The molecule has 0 saturated heterocycles. The number of guanidine groups is 1. The summed E-state index contributed by atoms with van der Waals surface area (Å²) in [6.07, 6.45) is 0.957. The molecule has 0 bridgehead atoms. The topological polar surface area (TPSA) is 56.7 Å². The Morgan fingerprint density at radius 1 is 1.15 bits per heavy atom. The average molecular weight is 551 g/mol. The Bertz CT molecular complexity index is 731. The van der Waals surface area contributed by atoms with E-state index < -0.39 is 0 Å². The Hall–Kier alpha value is -1.13. The van der Waals surface area contributed by atoms with E-state index in [0.29, 0.717) is 12.1 Å². The van der Waals surface area contributed by atoms with Gasteiger partial charge < -0.3 is 15.5 Å². The van der Waals surface area contributed by atoms with Crippen LogP contribution in [0.3, 0.4) is 0 Å². The molecule has 8 heteroatoms. The Labute approximate surface area is 184 Å². The van der Waals surface area contributed by atoms with Crippen LogP contribution in [0, 0.1) is 0 Å². The molecular weight excluding hydrogens is 527 g/mol. The van der Waals surface area contributed by atoms with E-state index in [2.05, 4.69) is 43.7 Å². The van der Waals surface area contributed by atoms with Crippen LogP contribution in [0.1, 0.15) is 20.8 Å². The molecule has 0 fully saturated rings. The molecule has 0 aliphatic heterocycles. The van der Waals surface area contributed by atoms with E-state index in [0.717, 1.165) is 28.3 Å². The summed E-state index contributed by atoms with van der Waals surface area (Å²) in [4.78, 5) is 19.0. The van der Waals surface area contributed by atoms with Gasteiger partial charge in [0.2, 0.25) is 0 Å². The number of carbonyl (C=O) groups excluding carboxylic acids is 1. The maximum atomic E-state index is 11.9. The molecule has 0 radical (unpaired) electrons. The quantitative estimate of drug-likeness (QED) is 0.327. The largest absolute Gasteiger partial charge is 0.356 e. The summed E-state index contributed by atoms with van der Waals surface area (Å²) in [6, 6.07) is 11.8. The maximum absolute atomic E-state index is 11.9. The smallest absolute Gasteiger partial charge is 0.253 e. The van der Waals surface area contributed by atoms with Crippen molar-refractivity contribution in [1.29, 1.82) is 0 Å². The van der Waals surface area contributed by atoms with Crippen LogP contribution < -0.4 is 10.6 Å². The van der Waals surface area contributed by atoms with E-state index >= 15 is 0 Å². The van der Waals surface area contributed by atoms with Crippen LogP contribution in [-0.4, -0.2) is 44.5 Å². The molecule has 142 valence electrons. The van der Waals surface area contributed by atoms with Gasteiger partial charge >= 0.3 is 0 Å². The highest BCUT2D eigenvalue weighted by Gasteiger charge is 2.07. The molecular formula is C18H24BrIN4OS. The second kappa shape index (κ2) is 11.6. The summed E-state index contributed by atoms with van der Waals surface area (Å²) in [5, 5.41) is 6.60. The molecule has 1 aromatic heterocycles. The molecule has 1 heterocycles. The van der Waals surface area contributed by atoms with Crippen LogP contribution in [0.2, 0.25) is 0 Å². The zero-order valence-electron chi connectivity index (χ0n) is 15.1. The van der Waals surface area contributed by atoms with Gasteiger partial charge in [-0.3, -0.25) is 9.79 Å². The molecule has 2 N–H and O–H groups in total. The summed E-state index contributed by atoms with van der Waals surface area (Å²) >= 11 is 5.23. The highest BCUT2D eigenvalue weighted by molar-refractivity contribution is 14.0. The predicted octanol–water partition coefficient (Wildman–Crippen LogP) is 3.74. The molecule has 26 heavy (non-hydrogen) atoms. The number of nitrogens with zero attached hydrogens (tertiary/aromatic N) is 2. The molecule has 1 aromatic carbocycles. The number of carbonyl (C=O) groups is 1. The first kappa shape index (κ1) is 22.9. The summed E-state index contributed by atoms with van der Waals surface area (Å²) in [6.45, 7) is 1.48. The molecule has 0 saturated carbocycles. The zero-order chi connectivity index (χ0) is 18.2. The third-order valence-electron chi connectivity index (χ3n) is 3.58. The van der Waals surface area contributed by atoms with Crippen molar-refractivity contribution >= 4 is 63.1 Å². The summed E-state index contributed by atoms with van der Waals surface area (Å²) in [7, 11) is 5.26. The fraction of sp³-hybridized carbons (Fsp3) is 0.333. The minimum absolute atomic E-state index is 0. The Balaban J connectivity index is 0.00000338. The van der Waals surface area contributed by atoms with Gasteiger partial charge in [0.15, 0.2) is 5.96 Å². The van der Waals surface area contributed by atoms with E-state index in [4.69, 9.17) is 0 Å². The fourth-order valence-corrected chi connectivity index (χ4v) is 3.70. The number of rotatable bonds is 6. The van der Waals surface area contributed by atoms with E-state index in [1.54, 1.807) is 37.4 Å². The minimum Gasteiger partial charge on any atom is -0.356 e. The van der Waals surface area contributed by atoms with Crippen LogP contribution in [0.15, 0.2) is 45.2 Å². The van der Waals surface area contributed by atoms with Gasteiger partial charge in [-0.1, -0.05) is 12.1 Å². The number of amides is 1. The van der Waals surface area contributed by atoms with Crippen molar-refractivity contribution in [2.24, 2.45) is 4.99 Å². The first-order valence-electron chi connectivity index (χ1n) is 7.99. The fourth-order valence-electron chi connectivity index (χ4n) is 2.22. The summed E-state index contributed by atoms with van der Waals surface area (Å²) < 4.78 is 1.15. The maximum Gasteiger partial charge on any atom is 0.253 e. The molecule has 0 atom stereocenters. The van der Waals surface area contributed by atoms with Crippen molar-refractivity contribution < 1.29 is 4.79 Å². The SMILES string of the molecule is CN=C(NCCc1ccc(Br)s1)NCc1ccc(C(=O)N(C)C)cc1.I. The highest BCUT2D eigenvalue weighted by Crippen LogP contribution is 2.22. The van der Waals surface area contributed by atoms with Crippen molar-refractivity contribution in [3.63, 3.8) is 0 Å². The van der Waals surface area contributed by atoms with E-state index in [1.165, 1.54) is 4.88 Å². The van der Waals surface area contributed by atoms with Gasteiger partial charge in [-0.2, -0.15) is 0 Å². The monoisotopic (exact) mass is 550 g/mol. The predicted molar refractivity (Wildman–Crippen MR) is 124 cm³/mol. The van der Waals surface area contributed by atoms with Crippen molar-refractivity contribution in [1.82, 2.24) is 15.5 Å². The molecule has 1 amide bonds. The summed E-state index contributed by atoms with van der Waals surface area (Å²) in [5.74, 6) is 0.779. The number of aliphatic imine (C=N–C) groups is 1. The lowest BCUT2D eigenvalue weighted by atomic mass is 10.1. The van der Waals surface area contributed by atoms with Crippen molar-refractivity contribution in [3.8, 4) is 0 Å². The highest BCUT2D eigenvalue weighted by atomic mass is 127. The normalized spacial score (nSPS) is 10.8. The van der Waals surface area contributed by atoms with Gasteiger partial charge in [0.25, 0.3) is 5.91 Å². The molecule has 0 aliphatic carbocycles. The van der Waals surface area contributed by atoms with E-state index in [-0.39, 0.29) is 29.9 Å². The van der Waals surface area contributed by atoms with Crippen LogP contribution >= 0.6 is 51.2 Å². The first-order chi connectivity index (χ1) is 12.0. The van der Waals surface area contributed by atoms with Crippen molar-refractivity contribution in [2.75, 3.05) is 27.7 Å². The van der Waals surface area contributed by atoms with Crippen molar-refractivity contribution in [3.05, 3.63) is 56.2 Å². The first-order valence-corrected chi connectivity index (χ1v) is 9.60. The van der Waals surface area contributed by atoms with E-state index in [1.807, 2.05) is 24.3 Å². The second-order valence-electron chi connectivity index (χ2n) is 5.70. The van der Waals surface area contributed by atoms with Gasteiger partial charge in [-0.25, -0.2) is 0 Å². The Morgan fingerprint density at radius 2 is 1.85 bits per heavy atom. The lowest BCUT2D eigenvalue weighted by Crippen LogP contribution is -2.37. The Kier molecular flexibility index (Phi) is 10.2. The molecule has 2 aromatic rings. The van der Waals surface area contributed by atoms with Gasteiger partial charge in [-0.05, 0) is 52.2 Å². The lowest BCUT2D eigenvalue weighted by Gasteiger charge is -2.13. The number of thiophene rings is 1. The third-order valence-corrected chi connectivity index (χ3v) is 5.27. The van der Waals surface area contributed by atoms with Crippen LogP contribution in [-0.2, 0) is 13.0 Å². The molecule has 0 spiro atoms. The summed E-state index contributed by atoms with van der Waals surface area (Å²) in [5.41, 5.74) is 1.79. The number of nitrogens with one attached hydrogen (secondary N) is 2. The molecule has 2 rings (SSSR count). The standard InChI is InChI=1S/C18H23BrN4OS.HI/c1-20-18(21-11-10-15-8-9-16(19)25-15)22-12-13-4-6-14(7-5-13)17(24)23(2)3;/h4-9H,10-12H2,1-3H3,(H2,20,21,22);1H.